The van der Waals surface area contributed by atoms with Gasteiger partial charge >= 0.3 is 0 Å². The quantitative estimate of drug-likeness (QED) is 0.420. The van der Waals surface area contributed by atoms with Gasteiger partial charge in [-0.1, -0.05) is 45.0 Å². The normalized spacial score (nSPS) is 18.5. The number of aliphatic hydroxyl groups excluding tert-OH is 1. The summed E-state index contributed by atoms with van der Waals surface area (Å²) in [7, 11) is 1.55. The number of methoxy groups -OCH3 is 1. The van der Waals surface area contributed by atoms with Crippen LogP contribution >= 0.6 is 0 Å². The van der Waals surface area contributed by atoms with Crippen molar-refractivity contribution in [2.24, 2.45) is 5.73 Å². The molecule has 2 aromatic carbocycles. The second kappa shape index (κ2) is 8.94. The largest absolute Gasteiger partial charge is 0.507 e. The van der Waals surface area contributed by atoms with Gasteiger partial charge in [0.05, 0.1) is 18.7 Å². The Morgan fingerprint density at radius 1 is 1.06 bits per heavy atom. The van der Waals surface area contributed by atoms with Gasteiger partial charge in [0.1, 0.15) is 11.5 Å². The molecule has 1 amide bonds. The van der Waals surface area contributed by atoms with Crippen LogP contribution in [0.15, 0.2) is 54.1 Å². The van der Waals surface area contributed by atoms with Gasteiger partial charge in [-0.2, -0.15) is 0 Å². The van der Waals surface area contributed by atoms with Gasteiger partial charge in [0.15, 0.2) is 0 Å². The zero-order valence-electron chi connectivity index (χ0n) is 18.5. The molecular formula is C25H30N2O4. The molecule has 164 valence electrons. The van der Waals surface area contributed by atoms with E-state index in [1.54, 1.807) is 31.4 Å². The summed E-state index contributed by atoms with van der Waals surface area (Å²) in [5.74, 6) is -0.862. The smallest absolute Gasteiger partial charge is 0.295 e. The third-order valence-electron chi connectivity index (χ3n) is 5.60. The summed E-state index contributed by atoms with van der Waals surface area (Å²) in [6.45, 7) is 7.11. The van der Waals surface area contributed by atoms with Crippen LogP contribution in [-0.2, 0) is 15.0 Å². The molecule has 6 heteroatoms. The van der Waals surface area contributed by atoms with E-state index in [9.17, 15) is 14.7 Å². The molecule has 2 aromatic rings. The van der Waals surface area contributed by atoms with Gasteiger partial charge in [-0.05, 0) is 53.8 Å². The number of ketones is 1. The number of rotatable bonds is 6. The minimum atomic E-state index is -0.685. The third-order valence-corrected chi connectivity index (χ3v) is 5.60. The minimum absolute atomic E-state index is 0.0248. The lowest BCUT2D eigenvalue weighted by atomic mass is 9.85. The molecule has 3 rings (SSSR count). The number of carbonyl (C=O) groups is 2. The van der Waals surface area contributed by atoms with Crippen molar-refractivity contribution in [3.05, 3.63) is 70.8 Å². The Labute approximate surface area is 183 Å². The zero-order chi connectivity index (χ0) is 22.8. The first kappa shape index (κ1) is 22.6. The number of nitrogens with two attached hydrogens (primary N) is 1. The minimum Gasteiger partial charge on any atom is -0.507 e. The van der Waals surface area contributed by atoms with E-state index in [1.165, 1.54) is 4.90 Å². The summed E-state index contributed by atoms with van der Waals surface area (Å²) in [4.78, 5) is 27.3. The maximum absolute atomic E-state index is 13.0. The predicted octanol–water partition coefficient (Wildman–Crippen LogP) is 3.76. The molecule has 0 unspecified atom stereocenters. The van der Waals surface area contributed by atoms with Crippen LogP contribution < -0.4 is 10.5 Å². The van der Waals surface area contributed by atoms with Crippen LogP contribution in [0, 0.1) is 0 Å². The number of aliphatic hydroxyl groups is 1. The number of nitrogens with zero attached hydrogens (tertiary/aromatic N) is 1. The number of Topliss-reactive ketones (excluding diaryl/α,β-unsaturated/α-hetero) is 1. The molecule has 0 saturated carbocycles. The van der Waals surface area contributed by atoms with E-state index < -0.39 is 17.7 Å². The van der Waals surface area contributed by atoms with Crippen molar-refractivity contribution in [2.45, 2.75) is 38.6 Å². The maximum atomic E-state index is 13.0. The fraction of sp³-hybridized carbons (Fsp3) is 0.360. The Hall–Kier alpha value is -3.12. The number of hydrogen-bond donors (Lipinski definition) is 2. The molecule has 31 heavy (non-hydrogen) atoms. The summed E-state index contributed by atoms with van der Waals surface area (Å²) in [6.07, 6.45) is 0.562. The van der Waals surface area contributed by atoms with Crippen molar-refractivity contribution in [2.75, 3.05) is 20.2 Å². The first-order valence-corrected chi connectivity index (χ1v) is 10.4. The lowest BCUT2D eigenvalue weighted by Gasteiger charge is -2.26. The molecule has 0 aromatic heterocycles. The highest BCUT2D eigenvalue weighted by atomic mass is 16.5. The number of ether oxygens (including phenoxy) is 1. The van der Waals surface area contributed by atoms with Crippen molar-refractivity contribution in [1.29, 1.82) is 0 Å². The van der Waals surface area contributed by atoms with Crippen molar-refractivity contribution in [1.82, 2.24) is 4.90 Å². The summed E-state index contributed by atoms with van der Waals surface area (Å²) in [6, 6.07) is 13.9. The molecule has 1 atom stereocenters. The van der Waals surface area contributed by atoms with Crippen molar-refractivity contribution < 1.29 is 19.4 Å². The van der Waals surface area contributed by atoms with E-state index in [-0.39, 0.29) is 16.7 Å². The van der Waals surface area contributed by atoms with Crippen molar-refractivity contribution in [3.8, 4) is 5.75 Å². The fourth-order valence-corrected chi connectivity index (χ4v) is 3.79. The Balaban J connectivity index is 2.12. The average Bonchev–Trinajstić information content (AvgIpc) is 3.01. The van der Waals surface area contributed by atoms with E-state index in [0.29, 0.717) is 30.8 Å². The van der Waals surface area contributed by atoms with Crippen molar-refractivity contribution >= 4 is 17.4 Å². The SMILES string of the molecule is COc1ccc(C(O)=C2C(=O)C(=O)N(CCCN)[C@H]2c2ccc(C(C)(C)C)cc2)cc1. The maximum Gasteiger partial charge on any atom is 0.295 e. The average molecular weight is 423 g/mol. The van der Waals surface area contributed by atoms with E-state index in [0.717, 1.165) is 11.1 Å². The number of benzene rings is 2. The molecule has 1 fully saturated rings. The standard InChI is InChI=1S/C25H30N2O4/c1-25(2,3)18-10-6-16(7-11-18)21-20(23(29)24(30)27(21)15-5-14-26)22(28)17-8-12-19(31-4)13-9-17/h6-13,21,28H,5,14-15,26H2,1-4H3/t21-/m0/s1. The summed E-state index contributed by atoms with van der Waals surface area (Å²) >= 11 is 0. The van der Waals surface area contributed by atoms with Gasteiger partial charge in [0.2, 0.25) is 0 Å². The fourth-order valence-electron chi connectivity index (χ4n) is 3.79. The first-order chi connectivity index (χ1) is 14.7. The first-order valence-electron chi connectivity index (χ1n) is 10.4. The van der Waals surface area contributed by atoms with Gasteiger partial charge in [-0.3, -0.25) is 9.59 Å². The Kier molecular flexibility index (Phi) is 6.51. The second-order valence-corrected chi connectivity index (χ2v) is 8.74. The number of carbonyl (C=O) groups excluding carboxylic acids is 2. The third kappa shape index (κ3) is 4.49. The van der Waals surface area contributed by atoms with Gasteiger partial charge < -0.3 is 20.5 Å². The van der Waals surface area contributed by atoms with Gasteiger partial charge in [0.25, 0.3) is 11.7 Å². The molecule has 1 aliphatic heterocycles. The lowest BCUT2D eigenvalue weighted by Crippen LogP contribution is -2.31. The van der Waals surface area contributed by atoms with E-state index in [2.05, 4.69) is 20.8 Å². The molecular weight excluding hydrogens is 392 g/mol. The van der Waals surface area contributed by atoms with E-state index in [4.69, 9.17) is 10.5 Å². The van der Waals surface area contributed by atoms with Crippen LogP contribution in [0.3, 0.4) is 0 Å². The zero-order valence-corrected chi connectivity index (χ0v) is 18.5. The number of hydrogen-bond acceptors (Lipinski definition) is 5. The van der Waals surface area contributed by atoms with Crippen LogP contribution in [0.5, 0.6) is 5.75 Å². The van der Waals surface area contributed by atoms with Crippen LogP contribution in [0.2, 0.25) is 0 Å². The molecule has 3 N–H and O–H groups in total. The molecule has 0 spiro atoms. The highest BCUT2D eigenvalue weighted by Crippen LogP contribution is 2.40. The Bertz CT molecular complexity index is 986. The topological polar surface area (TPSA) is 92.9 Å². The van der Waals surface area contributed by atoms with E-state index in [1.807, 2.05) is 24.3 Å². The predicted molar refractivity (Wildman–Crippen MR) is 121 cm³/mol. The van der Waals surface area contributed by atoms with E-state index >= 15 is 0 Å². The Morgan fingerprint density at radius 3 is 2.19 bits per heavy atom. The van der Waals surface area contributed by atoms with Gasteiger partial charge in [0, 0.05) is 12.1 Å². The molecule has 1 saturated heterocycles. The van der Waals surface area contributed by atoms with Crippen LogP contribution in [-0.4, -0.2) is 41.9 Å². The molecule has 0 bridgehead atoms. The number of amides is 1. The van der Waals surface area contributed by atoms with Crippen LogP contribution in [0.25, 0.3) is 5.76 Å². The molecule has 0 aliphatic carbocycles. The molecule has 1 aliphatic rings. The molecule has 0 radical (unpaired) electrons. The van der Waals surface area contributed by atoms with Gasteiger partial charge in [-0.25, -0.2) is 0 Å². The van der Waals surface area contributed by atoms with Gasteiger partial charge in [-0.15, -0.1) is 0 Å². The summed E-state index contributed by atoms with van der Waals surface area (Å²) < 4.78 is 5.16. The Morgan fingerprint density at radius 2 is 1.68 bits per heavy atom. The number of likely N-dealkylation sites (tertiary alicyclic amines) is 1. The highest BCUT2D eigenvalue weighted by Gasteiger charge is 2.45. The van der Waals surface area contributed by atoms with Crippen molar-refractivity contribution in [3.63, 3.8) is 0 Å². The highest BCUT2D eigenvalue weighted by molar-refractivity contribution is 6.46. The molecule has 1 heterocycles. The second-order valence-electron chi connectivity index (χ2n) is 8.74. The van der Waals surface area contributed by atoms with Crippen LogP contribution in [0.1, 0.15) is 49.9 Å². The summed E-state index contributed by atoms with van der Waals surface area (Å²) in [5, 5.41) is 11.0. The monoisotopic (exact) mass is 422 g/mol. The molecule has 6 nitrogen and oxygen atoms in total. The lowest BCUT2D eigenvalue weighted by molar-refractivity contribution is -0.139. The van der Waals surface area contributed by atoms with Crippen LogP contribution in [0.4, 0.5) is 0 Å². The summed E-state index contributed by atoms with van der Waals surface area (Å²) in [5.41, 5.74) is 8.10.